The van der Waals surface area contributed by atoms with E-state index in [9.17, 15) is 0 Å². The lowest BCUT2D eigenvalue weighted by atomic mass is 9.98. The summed E-state index contributed by atoms with van der Waals surface area (Å²) in [5, 5.41) is 7.20. The van der Waals surface area contributed by atoms with E-state index >= 15 is 0 Å². The summed E-state index contributed by atoms with van der Waals surface area (Å²) < 4.78 is 14.5. The van der Waals surface area contributed by atoms with Crippen LogP contribution in [0.3, 0.4) is 0 Å². The van der Waals surface area contributed by atoms with Crippen LogP contribution in [0.2, 0.25) is 0 Å². The molecule has 4 heterocycles. The number of aryl methyl sites for hydroxylation is 1. The third-order valence-electron chi connectivity index (χ3n) is 11.9. The van der Waals surface area contributed by atoms with Gasteiger partial charge in [0.05, 0.1) is 44.5 Å². The number of ether oxygens (including phenoxy) is 1. The van der Waals surface area contributed by atoms with Crippen LogP contribution < -0.4 is 4.74 Å². The van der Waals surface area contributed by atoms with Crippen molar-refractivity contribution in [2.45, 2.75) is 6.92 Å². The quantitative estimate of drug-likeness (QED) is 0.167. The predicted octanol–water partition coefficient (Wildman–Crippen LogP) is 14.9. The molecule has 0 saturated heterocycles. The van der Waals surface area contributed by atoms with Crippen LogP contribution in [0.25, 0.3) is 93.7 Å². The highest BCUT2D eigenvalue weighted by molar-refractivity contribution is 9.10. The predicted molar refractivity (Wildman–Crippen MR) is 252 cm³/mol. The lowest BCUT2D eigenvalue weighted by Gasteiger charge is -2.21. The van der Waals surface area contributed by atoms with Crippen LogP contribution in [0.5, 0.6) is 11.5 Å². The van der Waals surface area contributed by atoms with Gasteiger partial charge in [-0.1, -0.05) is 119 Å². The van der Waals surface area contributed by atoms with Gasteiger partial charge in [0.15, 0.2) is 0 Å². The number of para-hydroxylation sites is 5. The molecule has 0 bridgehead atoms. The van der Waals surface area contributed by atoms with Crippen molar-refractivity contribution >= 4 is 81.3 Å². The number of aromatic nitrogens is 4. The molecule has 12 aromatic rings. The van der Waals surface area contributed by atoms with Crippen LogP contribution in [0.15, 0.2) is 199 Å². The number of halogens is 1. The van der Waals surface area contributed by atoms with E-state index in [1.807, 2.05) is 30.3 Å². The Bertz CT molecular complexity index is 3450. The molecule has 0 aliphatic carbocycles. The molecule has 0 saturated carbocycles. The Labute approximate surface area is 354 Å². The maximum Gasteiger partial charge on any atom is 0.137 e. The second kappa shape index (κ2) is 13.6. The number of rotatable bonds is 6. The highest BCUT2D eigenvalue weighted by Crippen LogP contribution is 2.43. The first-order chi connectivity index (χ1) is 29.6. The first-order valence-corrected chi connectivity index (χ1v) is 20.9. The summed E-state index contributed by atoms with van der Waals surface area (Å²) in [5.41, 5.74) is 12.2. The van der Waals surface area contributed by atoms with Gasteiger partial charge in [-0.25, -0.2) is 4.98 Å². The summed E-state index contributed by atoms with van der Waals surface area (Å²) in [4.78, 5) is 5.38. The maximum atomic E-state index is 6.41. The first kappa shape index (κ1) is 34.6. The fourth-order valence-corrected chi connectivity index (χ4v) is 9.77. The maximum absolute atomic E-state index is 6.41. The molecule has 0 unspecified atom stereocenters. The second-order valence-corrected chi connectivity index (χ2v) is 16.3. The monoisotopic (exact) mass is 834 g/mol. The summed E-state index contributed by atoms with van der Waals surface area (Å²) >= 11 is 3.59. The van der Waals surface area contributed by atoms with Crippen LogP contribution in [-0.2, 0) is 0 Å². The Morgan fingerprint density at radius 3 is 1.37 bits per heavy atom. The molecule has 5 nitrogen and oxygen atoms in total. The van der Waals surface area contributed by atoms with E-state index in [0.717, 1.165) is 93.7 Å². The highest BCUT2D eigenvalue weighted by atomic mass is 79.9. The molecule has 0 spiro atoms. The molecule has 284 valence electrons. The molecule has 0 amide bonds. The van der Waals surface area contributed by atoms with Crippen molar-refractivity contribution < 1.29 is 4.74 Å². The summed E-state index contributed by atoms with van der Waals surface area (Å²) in [7, 11) is 0. The zero-order valence-electron chi connectivity index (χ0n) is 32.6. The molecular formula is C54H35BrN4O. The molecule has 6 heteroatoms. The van der Waals surface area contributed by atoms with Gasteiger partial charge in [-0.3, -0.25) is 4.57 Å². The Balaban J connectivity index is 1.12. The SMILES string of the molecule is Cc1cc(-n2c3ccccc3c3ccc(Oc4cccc(Br)c4)cc32)ncc1-c1c(-n2c3ccccc3c3ccccc32)cccc1-n1c2ccccc2c2ccccc21. The van der Waals surface area contributed by atoms with Crippen molar-refractivity contribution in [3.8, 4) is 39.8 Å². The van der Waals surface area contributed by atoms with Gasteiger partial charge in [-0.05, 0) is 91.3 Å². The van der Waals surface area contributed by atoms with E-state index in [1.54, 1.807) is 0 Å². The van der Waals surface area contributed by atoms with Crippen molar-refractivity contribution in [2.24, 2.45) is 0 Å². The molecule has 0 N–H and O–H groups in total. The van der Waals surface area contributed by atoms with Crippen LogP contribution in [0.1, 0.15) is 5.56 Å². The van der Waals surface area contributed by atoms with Gasteiger partial charge in [0.25, 0.3) is 0 Å². The van der Waals surface area contributed by atoms with Gasteiger partial charge in [0.1, 0.15) is 17.3 Å². The largest absolute Gasteiger partial charge is 0.457 e. The van der Waals surface area contributed by atoms with Gasteiger partial charge >= 0.3 is 0 Å². The number of benzene rings is 8. The number of hydrogen-bond acceptors (Lipinski definition) is 2. The number of pyridine rings is 1. The average molecular weight is 836 g/mol. The summed E-state index contributed by atoms with van der Waals surface area (Å²) in [6.07, 6.45) is 2.08. The lowest BCUT2D eigenvalue weighted by molar-refractivity contribution is 0.483. The minimum Gasteiger partial charge on any atom is -0.457 e. The Morgan fingerprint density at radius 2 is 0.867 bits per heavy atom. The van der Waals surface area contributed by atoms with Gasteiger partial charge in [-0.2, -0.15) is 0 Å². The van der Waals surface area contributed by atoms with E-state index in [1.165, 1.54) is 21.5 Å². The van der Waals surface area contributed by atoms with E-state index < -0.39 is 0 Å². The first-order valence-electron chi connectivity index (χ1n) is 20.1. The van der Waals surface area contributed by atoms with Crippen molar-refractivity contribution in [3.63, 3.8) is 0 Å². The molecular weight excluding hydrogens is 801 g/mol. The Hall–Kier alpha value is -7.41. The van der Waals surface area contributed by atoms with Gasteiger partial charge in [0, 0.05) is 60.2 Å². The number of fused-ring (bicyclic) bond motifs is 9. The fraction of sp³-hybridized carbons (Fsp3) is 0.0185. The number of hydrogen-bond donors (Lipinski definition) is 0. The van der Waals surface area contributed by atoms with Crippen molar-refractivity contribution in [1.82, 2.24) is 18.7 Å². The third-order valence-corrected chi connectivity index (χ3v) is 12.4. The molecule has 0 aliphatic rings. The van der Waals surface area contributed by atoms with E-state index in [4.69, 9.17) is 9.72 Å². The molecule has 0 fully saturated rings. The Morgan fingerprint density at radius 1 is 0.417 bits per heavy atom. The molecule has 12 rings (SSSR count). The number of nitrogens with zero attached hydrogens (tertiary/aromatic N) is 4. The van der Waals surface area contributed by atoms with Crippen molar-refractivity contribution in [2.75, 3.05) is 0 Å². The topological polar surface area (TPSA) is 36.9 Å². The minimum absolute atomic E-state index is 0.758. The fourth-order valence-electron chi connectivity index (χ4n) is 9.39. The van der Waals surface area contributed by atoms with E-state index in [2.05, 4.69) is 200 Å². The Kier molecular flexibility index (Phi) is 7.84. The summed E-state index contributed by atoms with van der Waals surface area (Å²) in [5.74, 6) is 2.37. The standard InChI is InChI=1S/C54H35BrN4O/c1-34-30-53(59-49-25-11-6-20-42(49)43-29-28-37(32-52(43)59)60-36-15-12-14-35(55)31-36)56-33-44(34)54-50(57-45-21-7-2-16-38(45)39-17-3-8-22-46(39)57)26-13-27-51(54)58-47-23-9-4-18-40(47)41-19-5-10-24-48(41)58/h2-33H,1H3. The normalized spacial score (nSPS) is 11.8. The lowest BCUT2D eigenvalue weighted by Crippen LogP contribution is -2.05. The summed E-state index contributed by atoms with van der Waals surface area (Å²) in [6, 6.07) is 66.7. The van der Waals surface area contributed by atoms with Crippen LogP contribution >= 0.6 is 15.9 Å². The van der Waals surface area contributed by atoms with Gasteiger partial charge in [-0.15, -0.1) is 0 Å². The van der Waals surface area contributed by atoms with Gasteiger partial charge in [0.2, 0.25) is 0 Å². The minimum atomic E-state index is 0.758. The molecule has 0 atom stereocenters. The second-order valence-electron chi connectivity index (χ2n) is 15.4. The molecule has 4 aromatic heterocycles. The van der Waals surface area contributed by atoms with Crippen LogP contribution in [0.4, 0.5) is 0 Å². The molecule has 8 aromatic carbocycles. The van der Waals surface area contributed by atoms with Crippen LogP contribution in [-0.4, -0.2) is 18.7 Å². The average Bonchev–Trinajstić information content (AvgIpc) is 3.92. The highest BCUT2D eigenvalue weighted by Gasteiger charge is 2.23. The van der Waals surface area contributed by atoms with Crippen molar-refractivity contribution in [3.05, 3.63) is 204 Å². The van der Waals surface area contributed by atoms with Crippen LogP contribution in [0, 0.1) is 6.92 Å². The van der Waals surface area contributed by atoms with E-state index in [-0.39, 0.29) is 0 Å². The van der Waals surface area contributed by atoms with E-state index in [0.29, 0.717) is 0 Å². The zero-order valence-corrected chi connectivity index (χ0v) is 34.1. The third kappa shape index (κ3) is 5.27. The van der Waals surface area contributed by atoms with Gasteiger partial charge < -0.3 is 13.9 Å². The molecule has 60 heavy (non-hydrogen) atoms. The van der Waals surface area contributed by atoms with Crippen molar-refractivity contribution in [1.29, 1.82) is 0 Å². The zero-order chi connectivity index (χ0) is 39.9. The smallest absolute Gasteiger partial charge is 0.137 e. The summed E-state index contributed by atoms with van der Waals surface area (Å²) in [6.45, 7) is 2.22. The molecule has 0 aliphatic heterocycles. The molecule has 0 radical (unpaired) electrons.